The summed E-state index contributed by atoms with van der Waals surface area (Å²) >= 11 is 0. The van der Waals surface area contributed by atoms with Gasteiger partial charge in [-0.2, -0.15) is 0 Å². The summed E-state index contributed by atoms with van der Waals surface area (Å²) in [5, 5.41) is 11.2. The maximum absolute atomic E-state index is 12.1. The number of Topliss-reactive ketones (excluding diaryl/α,β-unsaturated/α-hetero) is 1. The van der Waals surface area contributed by atoms with Crippen molar-refractivity contribution < 1.29 is 19.5 Å². The highest BCUT2D eigenvalue weighted by molar-refractivity contribution is 5.93. The van der Waals surface area contributed by atoms with Crippen LogP contribution < -0.4 is 0 Å². The summed E-state index contributed by atoms with van der Waals surface area (Å²) in [6.07, 6.45) is 25.6. The fourth-order valence-corrected chi connectivity index (χ4v) is 12.9. The minimum Gasteiger partial charge on any atom is -0.389 e. The van der Waals surface area contributed by atoms with E-state index in [4.69, 9.17) is 0 Å². The van der Waals surface area contributed by atoms with Crippen LogP contribution in [-0.2, 0) is 14.4 Å². The number of carbonyl (C=O) groups is 3. The monoisotopic (exact) mass is 624 g/mol. The van der Waals surface area contributed by atoms with Crippen LogP contribution in [0.5, 0.6) is 0 Å². The van der Waals surface area contributed by atoms with E-state index in [2.05, 4.69) is 39.5 Å². The van der Waals surface area contributed by atoms with Crippen LogP contribution in [0.15, 0.2) is 59.3 Å². The van der Waals surface area contributed by atoms with Gasteiger partial charge in [-0.1, -0.05) is 44.6 Å². The summed E-state index contributed by atoms with van der Waals surface area (Å²) in [4.78, 5) is 35.7. The molecule has 1 N–H and O–H groups in total. The average Bonchev–Trinajstić information content (AvgIpc) is 3.51. The minimum atomic E-state index is -0.648. The van der Waals surface area contributed by atoms with Crippen LogP contribution in [0.25, 0.3) is 0 Å². The van der Waals surface area contributed by atoms with Crippen molar-refractivity contribution in [1.82, 2.24) is 0 Å². The first kappa shape index (κ1) is 32.2. The molecule has 4 fully saturated rings. The van der Waals surface area contributed by atoms with Gasteiger partial charge in [0.15, 0.2) is 11.6 Å². The Hall–Kier alpha value is -2.33. The van der Waals surface area contributed by atoms with Gasteiger partial charge < -0.3 is 5.11 Å². The number of hydrogen-bond acceptors (Lipinski definition) is 4. The molecular formula is C42H56O4. The number of carbonyl (C=O) groups excluding carboxylic acids is 3. The van der Waals surface area contributed by atoms with Gasteiger partial charge in [0.1, 0.15) is 5.78 Å². The maximum atomic E-state index is 12.1. The molecule has 8 aliphatic carbocycles. The minimum absolute atomic E-state index is 0.151. The number of aliphatic hydroxyl groups is 1. The molecule has 0 bridgehead atoms. The standard InChI is InChI=1S/C21H30O2.C21H26O2/c1-13(22)17-6-7-18-16-5-4-14-12-15(23)8-10-20(14,2)19(16)9-11-21(17,18)3;1-3-10-21(23)12-9-19-18-6-4-14-13-15(22)5-7-16(14)17(18)8-11-20(19,21)2/h12,16-19H,4-11H2,1-3H3;3,8,11,13,18-19,23H,1,4-7,9-10,12H2,2H3/t16-,17+,18-,19-,20-,21+;18-,19+,20+,21+/m01/s1. The molecule has 0 amide bonds. The zero-order valence-corrected chi connectivity index (χ0v) is 28.8. The summed E-state index contributed by atoms with van der Waals surface area (Å²) < 4.78 is 0. The summed E-state index contributed by atoms with van der Waals surface area (Å²) in [5.41, 5.74) is 5.31. The van der Waals surface area contributed by atoms with Gasteiger partial charge in [0, 0.05) is 24.2 Å². The number of fused-ring (bicyclic) bond motifs is 9. The third-order valence-corrected chi connectivity index (χ3v) is 15.5. The van der Waals surface area contributed by atoms with E-state index in [9.17, 15) is 19.5 Å². The van der Waals surface area contributed by atoms with Gasteiger partial charge in [-0.15, -0.1) is 6.58 Å². The van der Waals surface area contributed by atoms with Gasteiger partial charge in [0.05, 0.1) is 5.60 Å². The van der Waals surface area contributed by atoms with E-state index in [-0.39, 0.29) is 22.0 Å². The molecule has 8 aliphatic rings. The van der Waals surface area contributed by atoms with Crippen molar-refractivity contribution in [1.29, 1.82) is 0 Å². The molecule has 0 aromatic heterocycles. The van der Waals surface area contributed by atoms with Gasteiger partial charge in [-0.25, -0.2) is 0 Å². The van der Waals surface area contributed by atoms with Gasteiger partial charge in [0.2, 0.25) is 0 Å². The maximum Gasteiger partial charge on any atom is 0.156 e. The highest BCUT2D eigenvalue weighted by Gasteiger charge is 2.60. The average molecular weight is 625 g/mol. The number of rotatable bonds is 3. The molecule has 0 aromatic carbocycles. The van der Waals surface area contributed by atoms with Crippen molar-refractivity contribution in [2.45, 2.75) is 130 Å². The van der Waals surface area contributed by atoms with E-state index in [1.54, 1.807) is 6.92 Å². The first-order valence-corrected chi connectivity index (χ1v) is 18.6. The van der Waals surface area contributed by atoms with Gasteiger partial charge in [-0.05, 0) is 160 Å². The lowest BCUT2D eigenvalue weighted by Gasteiger charge is -2.58. The fraction of sp³-hybridized carbons (Fsp3) is 0.690. The van der Waals surface area contributed by atoms with E-state index in [0.717, 1.165) is 75.5 Å². The van der Waals surface area contributed by atoms with E-state index in [0.29, 0.717) is 42.2 Å². The second-order valence-electron chi connectivity index (χ2n) is 17.3. The van der Waals surface area contributed by atoms with E-state index in [1.807, 2.05) is 18.2 Å². The van der Waals surface area contributed by atoms with Crippen molar-refractivity contribution >= 4 is 17.3 Å². The second-order valence-corrected chi connectivity index (χ2v) is 17.3. The Morgan fingerprint density at radius 3 is 2.39 bits per heavy atom. The molecule has 0 heterocycles. The molecule has 0 spiro atoms. The fourth-order valence-electron chi connectivity index (χ4n) is 12.9. The van der Waals surface area contributed by atoms with E-state index < -0.39 is 5.60 Å². The molecule has 0 aliphatic heterocycles. The molecule has 4 nitrogen and oxygen atoms in total. The summed E-state index contributed by atoms with van der Waals surface area (Å²) in [6.45, 7) is 12.7. The lowest BCUT2D eigenvalue weighted by molar-refractivity contribution is -0.128. The normalized spacial score (nSPS) is 45.5. The van der Waals surface area contributed by atoms with Crippen LogP contribution in [0.4, 0.5) is 0 Å². The van der Waals surface area contributed by atoms with Crippen molar-refractivity contribution in [3.63, 3.8) is 0 Å². The molecule has 0 aromatic rings. The number of hydrogen-bond donors (Lipinski definition) is 1. The molecule has 248 valence electrons. The molecular weight excluding hydrogens is 568 g/mol. The summed E-state index contributed by atoms with van der Waals surface area (Å²) in [5.74, 6) is 4.63. The van der Waals surface area contributed by atoms with Crippen molar-refractivity contribution in [3.05, 3.63) is 59.3 Å². The van der Waals surface area contributed by atoms with Crippen LogP contribution >= 0.6 is 0 Å². The van der Waals surface area contributed by atoms with Gasteiger partial charge >= 0.3 is 0 Å². The molecule has 46 heavy (non-hydrogen) atoms. The lowest BCUT2D eigenvalue weighted by atomic mass is 9.47. The zero-order chi connectivity index (χ0) is 32.6. The third-order valence-electron chi connectivity index (χ3n) is 15.5. The molecule has 4 heteroatoms. The first-order valence-electron chi connectivity index (χ1n) is 18.6. The Labute approximate surface area is 276 Å². The Kier molecular flexibility index (Phi) is 7.98. The number of allylic oxidation sites excluding steroid dienone is 6. The smallest absolute Gasteiger partial charge is 0.156 e. The highest BCUT2D eigenvalue weighted by Crippen LogP contribution is 2.67. The second kappa shape index (κ2) is 11.4. The third kappa shape index (κ3) is 4.73. The lowest BCUT2D eigenvalue weighted by Crippen LogP contribution is -2.51. The molecule has 0 unspecified atom stereocenters. The Balaban J connectivity index is 0.000000147. The molecule has 4 saturated carbocycles. The SMILES string of the molecule is C=CC[C@]1(O)CC[C@H]2[C@@H]3CCC4=CC(=O)CCC4=C3C=C[C@@]21C.CC(=O)[C@H]1CC[C@H]2[C@@H]3CCC4=CC(=O)CC[C@]4(C)[C@H]3CC[C@]12C. The Morgan fingerprint density at radius 2 is 1.63 bits per heavy atom. The van der Waals surface area contributed by atoms with Crippen molar-refractivity contribution in [2.24, 2.45) is 51.8 Å². The molecule has 8 rings (SSSR count). The Morgan fingerprint density at radius 1 is 0.870 bits per heavy atom. The van der Waals surface area contributed by atoms with Crippen LogP contribution in [0.2, 0.25) is 0 Å². The first-order chi connectivity index (χ1) is 21.8. The van der Waals surface area contributed by atoms with Crippen LogP contribution in [0, 0.1) is 51.8 Å². The predicted molar refractivity (Wildman–Crippen MR) is 183 cm³/mol. The van der Waals surface area contributed by atoms with Crippen LogP contribution in [-0.4, -0.2) is 28.1 Å². The number of ketones is 3. The van der Waals surface area contributed by atoms with E-state index in [1.165, 1.54) is 48.0 Å². The topological polar surface area (TPSA) is 71.4 Å². The summed E-state index contributed by atoms with van der Waals surface area (Å²) in [7, 11) is 0. The quantitative estimate of drug-likeness (QED) is 0.318. The van der Waals surface area contributed by atoms with Gasteiger partial charge in [0.25, 0.3) is 0 Å². The predicted octanol–water partition coefficient (Wildman–Crippen LogP) is 9.00. The van der Waals surface area contributed by atoms with Crippen molar-refractivity contribution in [2.75, 3.05) is 0 Å². The van der Waals surface area contributed by atoms with Crippen LogP contribution in [0.3, 0.4) is 0 Å². The highest BCUT2D eigenvalue weighted by atomic mass is 16.3. The largest absolute Gasteiger partial charge is 0.389 e. The molecule has 0 radical (unpaired) electrons. The summed E-state index contributed by atoms with van der Waals surface area (Å²) in [6, 6.07) is 0. The van der Waals surface area contributed by atoms with Crippen LogP contribution in [0.1, 0.15) is 124 Å². The Bertz CT molecular complexity index is 1470. The van der Waals surface area contributed by atoms with Gasteiger partial charge in [-0.3, -0.25) is 14.4 Å². The zero-order valence-electron chi connectivity index (χ0n) is 28.8. The van der Waals surface area contributed by atoms with Crippen molar-refractivity contribution in [3.8, 4) is 0 Å². The molecule has 0 saturated heterocycles. The van der Waals surface area contributed by atoms with E-state index >= 15 is 0 Å². The molecule has 10 atom stereocenters.